The molecule has 0 aliphatic carbocycles. The Balaban J connectivity index is 2.03. The van der Waals surface area contributed by atoms with Crippen molar-refractivity contribution in [1.29, 1.82) is 0 Å². The molecule has 2 rings (SSSR count). The van der Waals surface area contributed by atoms with E-state index in [2.05, 4.69) is 27.9 Å². The van der Waals surface area contributed by atoms with Crippen molar-refractivity contribution in [1.82, 2.24) is 9.21 Å². The van der Waals surface area contributed by atoms with Crippen LogP contribution in [0, 0.1) is 5.92 Å². The van der Waals surface area contributed by atoms with Gasteiger partial charge in [0.05, 0.1) is 4.90 Å². The summed E-state index contributed by atoms with van der Waals surface area (Å²) in [5, 5.41) is 0.735. The number of rotatable bonds is 5. The highest BCUT2D eigenvalue weighted by atomic mass is 79.9. The lowest BCUT2D eigenvalue weighted by molar-refractivity contribution is 0.202. The minimum absolute atomic E-state index is 0.377. The second kappa shape index (κ2) is 7.22. The molecule has 1 aliphatic rings. The highest BCUT2D eigenvalue weighted by Gasteiger charge is 2.25. The predicted molar refractivity (Wildman–Crippen MR) is 89.1 cm³/mol. The molecule has 0 saturated carbocycles. The molecule has 118 valence electrons. The first-order valence-electron chi connectivity index (χ1n) is 7.23. The van der Waals surface area contributed by atoms with Crippen LogP contribution in [0.4, 0.5) is 0 Å². The SMILES string of the molecule is CN1CCC(CN(C)S(=O)(=O)c2ccc(CBr)cc2)CC1. The monoisotopic (exact) mass is 374 g/mol. The van der Waals surface area contributed by atoms with Crippen LogP contribution in [-0.2, 0) is 15.4 Å². The third-order valence-electron chi connectivity index (χ3n) is 4.14. The molecule has 0 radical (unpaired) electrons. The maximum absolute atomic E-state index is 12.6. The molecule has 1 aromatic carbocycles. The Morgan fingerprint density at radius 1 is 1.24 bits per heavy atom. The largest absolute Gasteiger partial charge is 0.306 e. The van der Waals surface area contributed by atoms with E-state index in [1.54, 1.807) is 19.2 Å². The molecule has 0 N–H and O–H groups in total. The summed E-state index contributed by atoms with van der Waals surface area (Å²) in [7, 11) is 0.427. The average Bonchev–Trinajstić information content (AvgIpc) is 2.49. The topological polar surface area (TPSA) is 40.6 Å². The Bertz CT molecular complexity index is 552. The van der Waals surface area contributed by atoms with Crippen molar-refractivity contribution in [2.24, 2.45) is 5.92 Å². The normalized spacial score (nSPS) is 18.3. The first-order chi connectivity index (χ1) is 9.93. The number of halogens is 1. The standard InChI is InChI=1S/C15H23BrN2O2S/c1-17-9-7-14(8-10-17)12-18(2)21(19,20)15-5-3-13(11-16)4-6-15/h3-6,14H,7-12H2,1-2H3. The quantitative estimate of drug-likeness (QED) is 0.743. The van der Waals surface area contributed by atoms with Crippen LogP contribution in [0.5, 0.6) is 0 Å². The van der Waals surface area contributed by atoms with Crippen LogP contribution in [0.1, 0.15) is 18.4 Å². The van der Waals surface area contributed by atoms with E-state index >= 15 is 0 Å². The molecule has 6 heteroatoms. The maximum atomic E-state index is 12.6. The van der Waals surface area contributed by atoms with E-state index in [-0.39, 0.29) is 0 Å². The van der Waals surface area contributed by atoms with Gasteiger partial charge in [-0.25, -0.2) is 12.7 Å². The van der Waals surface area contributed by atoms with Crippen molar-refractivity contribution in [3.63, 3.8) is 0 Å². The maximum Gasteiger partial charge on any atom is 0.242 e. The lowest BCUT2D eigenvalue weighted by atomic mass is 9.97. The Labute approximate surface area is 136 Å². The van der Waals surface area contributed by atoms with Gasteiger partial charge >= 0.3 is 0 Å². The summed E-state index contributed by atoms with van der Waals surface area (Å²) < 4.78 is 26.7. The van der Waals surface area contributed by atoms with E-state index in [9.17, 15) is 8.42 Å². The Morgan fingerprint density at radius 3 is 2.33 bits per heavy atom. The molecule has 1 aliphatic heterocycles. The van der Waals surface area contributed by atoms with Gasteiger partial charge < -0.3 is 4.90 Å². The molecular weight excluding hydrogens is 352 g/mol. The summed E-state index contributed by atoms with van der Waals surface area (Å²) in [4.78, 5) is 2.67. The molecule has 0 amide bonds. The van der Waals surface area contributed by atoms with Gasteiger partial charge in [0.2, 0.25) is 10.0 Å². The molecule has 21 heavy (non-hydrogen) atoms. The van der Waals surface area contributed by atoms with Crippen LogP contribution in [0.25, 0.3) is 0 Å². The second-order valence-electron chi connectivity index (χ2n) is 5.81. The minimum Gasteiger partial charge on any atom is -0.306 e. The number of piperidine rings is 1. The van der Waals surface area contributed by atoms with Crippen molar-refractivity contribution in [3.8, 4) is 0 Å². The molecule has 0 aromatic heterocycles. The van der Waals surface area contributed by atoms with E-state index in [1.807, 2.05) is 12.1 Å². The smallest absolute Gasteiger partial charge is 0.242 e. The van der Waals surface area contributed by atoms with Gasteiger partial charge in [-0.2, -0.15) is 0 Å². The predicted octanol–water partition coefficient (Wildman–Crippen LogP) is 2.54. The fourth-order valence-electron chi connectivity index (χ4n) is 2.64. The molecule has 0 atom stereocenters. The summed E-state index contributed by atoms with van der Waals surface area (Å²) in [5.74, 6) is 0.461. The zero-order valence-electron chi connectivity index (χ0n) is 12.6. The van der Waals surface area contributed by atoms with E-state index in [0.29, 0.717) is 17.4 Å². The molecular formula is C15H23BrN2O2S. The third kappa shape index (κ3) is 4.28. The van der Waals surface area contributed by atoms with Crippen LogP contribution in [0.15, 0.2) is 29.2 Å². The zero-order chi connectivity index (χ0) is 15.5. The van der Waals surface area contributed by atoms with Crippen LogP contribution >= 0.6 is 15.9 Å². The van der Waals surface area contributed by atoms with Crippen molar-refractivity contribution in [3.05, 3.63) is 29.8 Å². The number of alkyl halides is 1. The van der Waals surface area contributed by atoms with Crippen LogP contribution in [0.2, 0.25) is 0 Å². The van der Waals surface area contributed by atoms with Crippen LogP contribution in [-0.4, -0.2) is 51.4 Å². The summed E-state index contributed by atoms with van der Waals surface area (Å²) >= 11 is 3.37. The Morgan fingerprint density at radius 2 is 1.81 bits per heavy atom. The number of nitrogens with zero attached hydrogens (tertiary/aromatic N) is 2. The van der Waals surface area contributed by atoms with Gasteiger partial charge in [0, 0.05) is 18.9 Å². The van der Waals surface area contributed by atoms with E-state index < -0.39 is 10.0 Å². The van der Waals surface area contributed by atoms with Gasteiger partial charge in [-0.05, 0) is 56.6 Å². The Kier molecular flexibility index (Phi) is 5.82. The van der Waals surface area contributed by atoms with Gasteiger partial charge in [-0.15, -0.1) is 0 Å². The fraction of sp³-hybridized carbons (Fsp3) is 0.600. The summed E-state index contributed by atoms with van der Waals surface area (Å²) in [5.41, 5.74) is 1.08. The first-order valence-corrected chi connectivity index (χ1v) is 9.79. The molecule has 1 aromatic rings. The number of likely N-dealkylation sites (tertiary alicyclic amines) is 1. The van der Waals surface area contributed by atoms with Crippen molar-refractivity contribution in [2.45, 2.75) is 23.1 Å². The zero-order valence-corrected chi connectivity index (χ0v) is 15.0. The second-order valence-corrected chi connectivity index (χ2v) is 8.42. The molecule has 1 heterocycles. The molecule has 4 nitrogen and oxygen atoms in total. The summed E-state index contributed by atoms with van der Waals surface area (Å²) in [6.07, 6.45) is 2.14. The van der Waals surface area contributed by atoms with Gasteiger partial charge in [-0.3, -0.25) is 0 Å². The van der Waals surface area contributed by atoms with Crippen molar-refractivity contribution in [2.75, 3.05) is 33.7 Å². The third-order valence-corrected chi connectivity index (χ3v) is 6.62. The van der Waals surface area contributed by atoms with E-state index in [0.717, 1.165) is 36.8 Å². The molecule has 0 spiro atoms. The Hall–Kier alpha value is -0.430. The minimum atomic E-state index is -3.37. The van der Waals surface area contributed by atoms with E-state index in [4.69, 9.17) is 0 Å². The van der Waals surface area contributed by atoms with E-state index in [1.165, 1.54) is 4.31 Å². The number of benzene rings is 1. The van der Waals surface area contributed by atoms with Gasteiger partial charge in [0.25, 0.3) is 0 Å². The molecule has 1 saturated heterocycles. The highest BCUT2D eigenvalue weighted by Crippen LogP contribution is 2.21. The summed E-state index contributed by atoms with van der Waals surface area (Å²) in [6.45, 7) is 2.72. The molecule has 0 bridgehead atoms. The number of sulfonamides is 1. The van der Waals surface area contributed by atoms with Crippen LogP contribution < -0.4 is 0 Å². The van der Waals surface area contributed by atoms with Gasteiger partial charge in [-0.1, -0.05) is 28.1 Å². The van der Waals surface area contributed by atoms with Gasteiger partial charge in [0.1, 0.15) is 0 Å². The average molecular weight is 375 g/mol. The van der Waals surface area contributed by atoms with Crippen molar-refractivity contribution >= 4 is 26.0 Å². The van der Waals surface area contributed by atoms with Crippen LogP contribution in [0.3, 0.4) is 0 Å². The highest BCUT2D eigenvalue weighted by molar-refractivity contribution is 9.08. The fourth-order valence-corrected chi connectivity index (χ4v) is 4.26. The molecule has 0 unspecified atom stereocenters. The number of hydrogen-bond donors (Lipinski definition) is 0. The lowest BCUT2D eigenvalue weighted by Gasteiger charge is -2.31. The first kappa shape index (κ1) is 16.9. The van der Waals surface area contributed by atoms with Crippen molar-refractivity contribution < 1.29 is 8.42 Å². The summed E-state index contributed by atoms with van der Waals surface area (Å²) in [6, 6.07) is 7.09. The van der Waals surface area contributed by atoms with Gasteiger partial charge in [0.15, 0.2) is 0 Å². The number of hydrogen-bond acceptors (Lipinski definition) is 3. The molecule has 1 fully saturated rings. The lowest BCUT2D eigenvalue weighted by Crippen LogP contribution is -2.37.